The van der Waals surface area contributed by atoms with Gasteiger partial charge in [-0.15, -0.1) is 0 Å². The second-order valence-corrected chi connectivity index (χ2v) is 6.08. The highest BCUT2D eigenvalue weighted by Crippen LogP contribution is 2.25. The number of hydrogen-bond acceptors (Lipinski definition) is 4. The van der Waals surface area contributed by atoms with E-state index >= 15 is 0 Å². The van der Waals surface area contributed by atoms with E-state index in [4.69, 9.17) is 11.6 Å². The predicted octanol–water partition coefficient (Wildman–Crippen LogP) is 2.91. The summed E-state index contributed by atoms with van der Waals surface area (Å²) < 4.78 is 1.01. The van der Waals surface area contributed by atoms with Gasteiger partial charge in [0.2, 0.25) is 5.91 Å². The van der Waals surface area contributed by atoms with Gasteiger partial charge in [0.05, 0.1) is 17.8 Å². The van der Waals surface area contributed by atoms with Crippen molar-refractivity contribution in [2.75, 3.05) is 19.5 Å². The number of amides is 2. The number of halogens is 2. The van der Waals surface area contributed by atoms with Crippen LogP contribution < -0.4 is 10.8 Å². The molecule has 0 aliphatic heterocycles. The summed E-state index contributed by atoms with van der Waals surface area (Å²) in [5, 5.41) is 3.51. The van der Waals surface area contributed by atoms with Gasteiger partial charge in [0, 0.05) is 23.1 Å². The molecule has 23 heavy (non-hydrogen) atoms. The Kier molecular flexibility index (Phi) is 8.07. The molecule has 0 fully saturated rings. The Hall–Kier alpha value is -1.58. The van der Waals surface area contributed by atoms with Crippen LogP contribution in [0.15, 0.2) is 42.8 Å². The molecule has 0 bridgehead atoms. The van der Waals surface area contributed by atoms with Crippen molar-refractivity contribution in [2.24, 2.45) is 0 Å². The Labute approximate surface area is 153 Å². The topological polar surface area (TPSA) is 70.7 Å². The zero-order valence-electron chi connectivity index (χ0n) is 12.7. The third-order valence-corrected chi connectivity index (χ3v) is 3.71. The van der Waals surface area contributed by atoms with E-state index in [1.165, 1.54) is 24.2 Å². The average Bonchev–Trinajstić information content (AvgIpc) is 2.49. The molecule has 0 saturated carbocycles. The maximum atomic E-state index is 12.0. The molecular weight excluding hydrogens is 433 g/mol. The minimum absolute atomic E-state index is 0.0380. The second kappa shape index (κ2) is 9.53. The van der Waals surface area contributed by atoms with E-state index in [1.54, 1.807) is 19.2 Å². The predicted molar refractivity (Wildman–Crippen MR) is 98.6 cm³/mol. The SMILES string of the molecule is C=C(Nc1ccc(I)cc1Cl)N(C)C(=O)/C=C\CC(=O)NOC. The highest BCUT2D eigenvalue weighted by Gasteiger charge is 2.10. The molecule has 0 radical (unpaired) electrons. The molecule has 0 aliphatic carbocycles. The fraction of sp³-hybridized carbons (Fsp3) is 0.200. The molecule has 124 valence electrons. The summed E-state index contributed by atoms with van der Waals surface area (Å²) in [6, 6.07) is 5.49. The Morgan fingerprint density at radius 2 is 2.17 bits per heavy atom. The first-order valence-corrected chi connectivity index (χ1v) is 7.98. The van der Waals surface area contributed by atoms with E-state index in [1.807, 2.05) is 6.07 Å². The fourth-order valence-electron chi connectivity index (χ4n) is 1.50. The molecule has 1 aromatic carbocycles. The lowest BCUT2D eigenvalue weighted by Crippen LogP contribution is -2.27. The third kappa shape index (κ3) is 6.59. The molecule has 2 N–H and O–H groups in total. The van der Waals surface area contributed by atoms with Crippen LogP contribution in [0.2, 0.25) is 5.02 Å². The Balaban J connectivity index is 2.60. The largest absolute Gasteiger partial charge is 0.341 e. The van der Waals surface area contributed by atoms with Crippen molar-refractivity contribution in [1.29, 1.82) is 0 Å². The molecule has 0 aromatic heterocycles. The zero-order chi connectivity index (χ0) is 17.4. The monoisotopic (exact) mass is 449 g/mol. The molecule has 0 atom stereocenters. The number of likely N-dealkylation sites (N-methyl/N-ethyl adjacent to an activating group) is 1. The van der Waals surface area contributed by atoms with Crippen LogP contribution in [0.1, 0.15) is 6.42 Å². The molecule has 6 nitrogen and oxygen atoms in total. The minimum Gasteiger partial charge on any atom is -0.341 e. The van der Waals surface area contributed by atoms with Crippen molar-refractivity contribution in [3.05, 3.63) is 51.3 Å². The summed E-state index contributed by atoms with van der Waals surface area (Å²) in [5.41, 5.74) is 2.81. The van der Waals surface area contributed by atoms with Crippen LogP contribution in [0.4, 0.5) is 5.69 Å². The number of nitrogens with zero attached hydrogens (tertiary/aromatic N) is 1. The quantitative estimate of drug-likeness (QED) is 0.381. The normalized spacial score (nSPS) is 10.4. The summed E-state index contributed by atoms with van der Waals surface area (Å²) in [6.45, 7) is 3.81. The van der Waals surface area contributed by atoms with Crippen LogP contribution in [0, 0.1) is 3.57 Å². The van der Waals surface area contributed by atoms with Crippen molar-refractivity contribution >= 4 is 51.7 Å². The van der Waals surface area contributed by atoms with Crippen LogP contribution in [-0.2, 0) is 14.4 Å². The first kappa shape index (κ1) is 19.5. The molecule has 0 unspecified atom stereocenters. The van der Waals surface area contributed by atoms with Crippen LogP contribution in [0.3, 0.4) is 0 Å². The first-order valence-electron chi connectivity index (χ1n) is 6.52. The summed E-state index contributed by atoms with van der Waals surface area (Å²) in [7, 11) is 2.91. The van der Waals surface area contributed by atoms with Gasteiger partial charge < -0.3 is 5.32 Å². The van der Waals surface area contributed by atoms with E-state index < -0.39 is 0 Å². The standard InChI is InChI=1S/C15H17ClIN3O3/c1-10(18-13-8-7-11(17)9-12(13)16)20(2)15(22)6-4-5-14(21)19-23-3/h4,6-9,18H,1,5H2,2-3H3,(H,19,21)/b6-4-. The highest BCUT2D eigenvalue weighted by molar-refractivity contribution is 14.1. The number of anilines is 1. The lowest BCUT2D eigenvalue weighted by molar-refractivity contribution is -0.130. The fourth-order valence-corrected chi connectivity index (χ4v) is 2.40. The summed E-state index contributed by atoms with van der Waals surface area (Å²) in [4.78, 5) is 29.0. The van der Waals surface area contributed by atoms with Crippen LogP contribution >= 0.6 is 34.2 Å². The maximum Gasteiger partial charge on any atom is 0.251 e. The van der Waals surface area contributed by atoms with Gasteiger partial charge in [0.1, 0.15) is 5.82 Å². The summed E-state index contributed by atoms with van der Waals surface area (Å²) in [6.07, 6.45) is 2.77. The molecule has 0 heterocycles. The van der Waals surface area contributed by atoms with Crippen LogP contribution in [-0.4, -0.2) is 30.9 Å². The van der Waals surface area contributed by atoms with Crippen molar-refractivity contribution in [3.63, 3.8) is 0 Å². The Morgan fingerprint density at radius 3 is 2.78 bits per heavy atom. The lowest BCUT2D eigenvalue weighted by Gasteiger charge is -2.20. The Morgan fingerprint density at radius 1 is 1.48 bits per heavy atom. The lowest BCUT2D eigenvalue weighted by atomic mass is 10.3. The molecular formula is C15H17ClIN3O3. The van der Waals surface area contributed by atoms with Gasteiger partial charge in [0.15, 0.2) is 0 Å². The van der Waals surface area contributed by atoms with Gasteiger partial charge in [-0.1, -0.05) is 24.3 Å². The second-order valence-electron chi connectivity index (χ2n) is 4.43. The summed E-state index contributed by atoms with van der Waals surface area (Å²) >= 11 is 8.28. The maximum absolute atomic E-state index is 12.0. The van der Waals surface area contributed by atoms with Crippen molar-refractivity contribution < 1.29 is 14.4 Å². The highest BCUT2D eigenvalue weighted by atomic mass is 127. The minimum atomic E-state index is -0.346. The van der Waals surface area contributed by atoms with Gasteiger partial charge in [-0.05, 0) is 40.8 Å². The molecule has 0 spiro atoms. The molecule has 1 rings (SSSR count). The van der Waals surface area contributed by atoms with Crippen molar-refractivity contribution in [3.8, 4) is 0 Å². The number of benzene rings is 1. The van der Waals surface area contributed by atoms with Crippen molar-refractivity contribution in [1.82, 2.24) is 10.4 Å². The number of carbonyl (C=O) groups excluding carboxylic acids is 2. The molecule has 0 aliphatic rings. The van der Waals surface area contributed by atoms with Crippen molar-refractivity contribution in [2.45, 2.75) is 6.42 Å². The number of nitrogens with one attached hydrogen (secondary N) is 2. The van der Waals surface area contributed by atoms with Gasteiger partial charge in [-0.2, -0.15) is 0 Å². The van der Waals surface area contributed by atoms with E-state index in [-0.39, 0.29) is 18.2 Å². The van der Waals surface area contributed by atoms with E-state index in [2.05, 4.69) is 44.8 Å². The van der Waals surface area contributed by atoms with E-state index in [0.717, 1.165) is 3.57 Å². The number of rotatable bonds is 7. The van der Waals surface area contributed by atoms with Gasteiger partial charge >= 0.3 is 0 Å². The smallest absolute Gasteiger partial charge is 0.251 e. The molecule has 2 amide bonds. The first-order chi connectivity index (χ1) is 10.8. The third-order valence-electron chi connectivity index (χ3n) is 2.73. The zero-order valence-corrected chi connectivity index (χ0v) is 15.6. The Bertz CT molecular complexity index is 634. The van der Waals surface area contributed by atoms with E-state index in [0.29, 0.717) is 16.5 Å². The molecule has 8 heteroatoms. The van der Waals surface area contributed by atoms with Gasteiger partial charge in [0.25, 0.3) is 5.91 Å². The van der Waals surface area contributed by atoms with Gasteiger partial charge in [-0.25, -0.2) is 5.48 Å². The summed E-state index contributed by atoms with van der Waals surface area (Å²) in [5.74, 6) is -0.305. The molecule has 1 aromatic rings. The number of hydroxylamine groups is 1. The van der Waals surface area contributed by atoms with E-state index in [9.17, 15) is 9.59 Å². The molecule has 0 saturated heterocycles. The van der Waals surface area contributed by atoms with Crippen LogP contribution in [0.5, 0.6) is 0 Å². The number of carbonyl (C=O) groups is 2. The van der Waals surface area contributed by atoms with Gasteiger partial charge in [-0.3, -0.25) is 19.3 Å². The van der Waals surface area contributed by atoms with Crippen LogP contribution in [0.25, 0.3) is 0 Å². The number of hydrogen-bond donors (Lipinski definition) is 2. The average molecular weight is 450 g/mol.